The second-order valence-electron chi connectivity index (χ2n) is 5.90. The van der Waals surface area contributed by atoms with Crippen LogP contribution < -0.4 is 5.32 Å². The van der Waals surface area contributed by atoms with Gasteiger partial charge in [-0.05, 0) is 37.0 Å². The van der Waals surface area contributed by atoms with E-state index in [0.29, 0.717) is 28.3 Å². The molecule has 0 aliphatic rings. The maximum atomic E-state index is 12.3. The van der Waals surface area contributed by atoms with Crippen LogP contribution >= 0.6 is 11.5 Å². The van der Waals surface area contributed by atoms with Crippen molar-refractivity contribution in [1.82, 2.24) is 14.9 Å². The third kappa shape index (κ3) is 3.32. The molecule has 0 bridgehead atoms. The van der Waals surface area contributed by atoms with Crippen molar-refractivity contribution in [3.63, 3.8) is 0 Å². The molecule has 0 saturated carbocycles. The minimum atomic E-state index is -1.31. The normalized spacial score (nSPS) is 13.8. The fourth-order valence-corrected chi connectivity index (χ4v) is 3.07. The first kappa shape index (κ1) is 16.6. The highest BCUT2D eigenvalue weighted by Crippen LogP contribution is 2.27. The van der Waals surface area contributed by atoms with Gasteiger partial charge in [-0.25, -0.2) is 0 Å². The van der Waals surface area contributed by atoms with E-state index in [4.69, 9.17) is 4.42 Å². The van der Waals surface area contributed by atoms with Crippen LogP contribution in [0.15, 0.2) is 34.7 Å². The molecule has 0 saturated heterocycles. The lowest BCUT2D eigenvalue weighted by molar-refractivity contribution is 0.0345. The minimum Gasteiger partial charge on any atom is -0.458 e. The van der Waals surface area contributed by atoms with Gasteiger partial charge in [0.25, 0.3) is 5.91 Å². The topological polar surface area (TPSA) is 88.2 Å². The van der Waals surface area contributed by atoms with Gasteiger partial charge in [0.05, 0.1) is 12.2 Å². The summed E-state index contributed by atoms with van der Waals surface area (Å²) in [6, 6.07) is 9.32. The Morgan fingerprint density at radius 3 is 2.96 bits per heavy atom. The summed E-state index contributed by atoms with van der Waals surface area (Å²) >= 11 is 1.07. The maximum absolute atomic E-state index is 12.3. The molecule has 1 atom stereocenters. The molecule has 0 unspecified atom stereocenters. The zero-order valence-electron chi connectivity index (χ0n) is 13.6. The van der Waals surface area contributed by atoms with Crippen molar-refractivity contribution in [2.75, 3.05) is 6.54 Å². The molecule has 3 rings (SSSR count). The van der Waals surface area contributed by atoms with Crippen molar-refractivity contribution >= 4 is 28.4 Å². The van der Waals surface area contributed by atoms with Crippen LogP contribution in [0, 0.1) is 0 Å². The monoisotopic (exact) mass is 345 g/mol. The Bertz CT molecular complexity index is 821. The summed E-state index contributed by atoms with van der Waals surface area (Å²) in [5.74, 6) is 0.144. The Morgan fingerprint density at radius 1 is 1.42 bits per heavy atom. The van der Waals surface area contributed by atoms with Crippen molar-refractivity contribution in [3.05, 3.63) is 46.7 Å². The third-order valence-electron chi connectivity index (χ3n) is 3.80. The van der Waals surface area contributed by atoms with Crippen molar-refractivity contribution in [1.29, 1.82) is 0 Å². The summed E-state index contributed by atoms with van der Waals surface area (Å²) in [5.41, 5.74) is 0.0944. The third-order valence-corrected chi connectivity index (χ3v) is 4.57. The number of aliphatic hydroxyl groups is 1. The number of carbonyl (C=O) groups excluding carboxylic acids is 1. The Hall–Kier alpha value is -2.25. The van der Waals surface area contributed by atoms with Crippen LogP contribution in [0.25, 0.3) is 11.0 Å². The van der Waals surface area contributed by atoms with E-state index in [1.807, 2.05) is 31.2 Å². The van der Waals surface area contributed by atoms with Crippen molar-refractivity contribution in [3.8, 4) is 0 Å². The number of aryl methyl sites for hydroxylation is 1. The highest BCUT2D eigenvalue weighted by Gasteiger charge is 2.29. The van der Waals surface area contributed by atoms with Crippen molar-refractivity contribution < 1.29 is 14.3 Å². The van der Waals surface area contributed by atoms with E-state index in [9.17, 15) is 9.90 Å². The molecule has 7 heteroatoms. The van der Waals surface area contributed by atoms with Gasteiger partial charge in [-0.1, -0.05) is 36.0 Å². The summed E-state index contributed by atoms with van der Waals surface area (Å²) in [4.78, 5) is 12.8. The molecule has 0 radical (unpaired) electrons. The molecule has 24 heavy (non-hydrogen) atoms. The molecule has 1 amide bonds. The molecule has 0 spiro atoms. The van der Waals surface area contributed by atoms with Crippen molar-refractivity contribution in [2.24, 2.45) is 0 Å². The predicted octanol–water partition coefficient (Wildman–Crippen LogP) is 2.87. The SMILES string of the molecule is CCCc1nnsc1C(=O)NC[C@@](C)(O)c1cc2ccccc2o1. The van der Waals surface area contributed by atoms with E-state index in [1.54, 1.807) is 13.0 Å². The number of amides is 1. The molecule has 2 heterocycles. The maximum Gasteiger partial charge on any atom is 0.265 e. The number of para-hydroxylation sites is 1. The molecule has 0 fully saturated rings. The lowest BCUT2D eigenvalue weighted by atomic mass is 10.0. The Morgan fingerprint density at radius 2 is 2.21 bits per heavy atom. The second kappa shape index (κ2) is 6.70. The Labute approximate surface area is 143 Å². The number of benzene rings is 1. The Balaban J connectivity index is 1.72. The van der Waals surface area contributed by atoms with Gasteiger partial charge in [-0.15, -0.1) is 5.10 Å². The lowest BCUT2D eigenvalue weighted by Crippen LogP contribution is -2.38. The number of furan rings is 1. The molecule has 3 aromatic rings. The van der Waals surface area contributed by atoms with E-state index in [2.05, 4.69) is 14.9 Å². The first-order chi connectivity index (χ1) is 11.5. The zero-order valence-corrected chi connectivity index (χ0v) is 14.4. The first-order valence-electron chi connectivity index (χ1n) is 7.82. The number of rotatable bonds is 6. The van der Waals surface area contributed by atoms with E-state index in [1.165, 1.54) is 0 Å². The zero-order chi connectivity index (χ0) is 17.2. The summed E-state index contributed by atoms with van der Waals surface area (Å²) < 4.78 is 9.54. The number of aromatic nitrogens is 2. The van der Waals surface area contributed by atoms with Crippen LogP contribution in [-0.4, -0.2) is 27.1 Å². The summed E-state index contributed by atoms with van der Waals surface area (Å²) in [6.45, 7) is 3.67. The fraction of sp³-hybridized carbons (Fsp3) is 0.353. The van der Waals surface area contributed by atoms with E-state index in [-0.39, 0.29) is 12.5 Å². The number of carbonyl (C=O) groups is 1. The number of nitrogens with zero attached hydrogens (tertiary/aromatic N) is 2. The van der Waals surface area contributed by atoms with Crippen molar-refractivity contribution in [2.45, 2.75) is 32.3 Å². The molecule has 2 N–H and O–H groups in total. The molecule has 0 aliphatic heterocycles. The largest absolute Gasteiger partial charge is 0.458 e. The molecule has 126 valence electrons. The highest BCUT2D eigenvalue weighted by molar-refractivity contribution is 7.08. The average Bonchev–Trinajstić information content (AvgIpc) is 3.20. The van der Waals surface area contributed by atoms with Crippen LogP contribution in [0.3, 0.4) is 0 Å². The lowest BCUT2D eigenvalue weighted by Gasteiger charge is -2.21. The highest BCUT2D eigenvalue weighted by atomic mass is 32.1. The van der Waals surface area contributed by atoms with Gasteiger partial charge in [0.15, 0.2) is 0 Å². The predicted molar refractivity (Wildman–Crippen MR) is 92.0 cm³/mol. The summed E-state index contributed by atoms with van der Waals surface area (Å²) in [6.07, 6.45) is 1.60. The summed E-state index contributed by atoms with van der Waals surface area (Å²) in [7, 11) is 0. The van der Waals surface area contributed by atoms with E-state index < -0.39 is 5.60 Å². The number of hydrogen-bond donors (Lipinski definition) is 2. The smallest absolute Gasteiger partial charge is 0.265 e. The average molecular weight is 345 g/mol. The van der Waals surface area contributed by atoms with Crippen LogP contribution in [0.1, 0.15) is 41.4 Å². The number of nitrogens with one attached hydrogen (secondary N) is 1. The summed E-state index contributed by atoms with van der Waals surface area (Å²) in [5, 5.41) is 18.3. The number of fused-ring (bicyclic) bond motifs is 1. The van der Waals surface area contributed by atoms with Crippen LogP contribution in [0.5, 0.6) is 0 Å². The van der Waals surface area contributed by atoms with Crippen LogP contribution in [-0.2, 0) is 12.0 Å². The first-order valence-corrected chi connectivity index (χ1v) is 8.59. The van der Waals surface area contributed by atoms with Gasteiger partial charge >= 0.3 is 0 Å². The van der Waals surface area contributed by atoms with Gasteiger partial charge < -0.3 is 14.8 Å². The quantitative estimate of drug-likeness (QED) is 0.717. The van der Waals surface area contributed by atoms with E-state index in [0.717, 1.165) is 23.3 Å². The molecule has 1 aromatic carbocycles. The Kier molecular flexibility index (Phi) is 4.64. The standard InChI is InChI=1S/C17H19N3O3S/c1-3-6-12-15(24-20-19-12)16(21)18-10-17(2,22)14-9-11-7-4-5-8-13(11)23-14/h4-5,7-9,22H,3,6,10H2,1-2H3,(H,18,21)/t17-/m1/s1. The van der Waals surface area contributed by atoms with Gasteiger partial charge in [0.1, 0.15) is 21.8 Å². The van der Waals surface area contributed by atoms with Gasteiger partial charge in [-0.3, -0.25) is 4.79 Å². The minimum absolute atomic E-state index is 0.0368. The fourth-order valence-electron chi connectivity index (χ4n) is 2.45. The molecular formula is C17H19N3O3S. The van der Waals surface area contributed by atoms with Gasteiger partial charge in [-0.2, -0.15) is 0 Å². The van der Waals surface area contributed by atoms with Crippen LogP contribution in [0.2, 0.25) is 0 Å². The molecule has 6 nitrogen and oxygen atoms in total. The van der Waals surface area contributed by atoms with Gasteiger partial charge in [0, 0.05) is 5.39 Å². The molecule has 0 aliphatic carbocycles. The van der Waals surface area contributed by atoms with Gasteiger partial charge in [0.2, 0.25) is 0 Å². The molecule has 2 aromatic heterocycles. The second-order valence-corrected chi connectivity index (χ2v) is 6.66. The van der Waals surface area contributed by atoms with Crippen LogP contribution in [0.4, 0.5) is 0 Å². The molecular weight excluding hydrogens is 326 g/mol. The number of hydrogen-bond acceptors (Lipinski definition) is 6. The van der Waals surface area contributed by atoms with E-state index >= 15 is 0 Å².